The first-order chi connectivity index (χ1) is 8.86. The van der Waals surface area contributed by atoms with Gasteiger partial charge in [0.05, 0.1) is 0 Å². The summed E-state index contributed by atoms with van der Waals surface area (Å²) in [6.45, 7) is 3.86. The van der Waals surface area contributed by atoms with Gasteiger partial charge in [-0.25, -0.2) is 18.5 Å². The number of hydrogen-bond donors (Lipinski definition) is 1. The molecule has 100 valence electrons. The molecule has 0 bridgehead atoms. The largest absolute Gasteiger partial charge is 0.438 e. The van der Waals surface area contributed by atoms with Crippen molar-refractivity contribution in [3.05, 3.63) is 47.7 Å². The highest BCUT2D eigenvalue weighted by Gasteiger charge is 2.16. The second kappa shape index (κ2) is 4.99. The average molecular weight is 278 g/mol. The molecule has 0 aliphatic heterocycles. The smallest absolute Gasteiger partial charge is 0.243 e. The van der Waals surface area contributed by atoms with Gasteiger partial charge in [0, 0.05) is 6.20 Å². The number of ether oxygens (including phenoxy) is 1. The molecular formula is C13H14N2O3S. The molecule has 0 atom stereocenters. The Morgan fingerprint density at radius 3 is 2.37 bits per heavy atom. The predicted molar refractivity (Wildman–Crippen MR) is 71.6 cm³/mol. The lowest BCUT2D eigenvalue weighted by molar-refractivity contribution is 0.446. The summed E-state index contributed by atoms with van der Waals surface area (Å²) < 4.78 is 28.4. The molecule has 1 heterocycles. The molecule has 0 spiro atoms. The van der Waals surface area contributed by atoms with Crippen molar-refractivity contribution in [2.24, 2.45) is 5.14 Å². The molecule has 0 fully saturated rings. The molecule has 6 heteroatoms. The number of nitrogens with two attached hydrogens (primary N) is 1. The predicted octanol–water partition coefficient (Wildman–Crippen LogP) is 2.14. The number of hydrogen-bond acceptors (Lipinski definition) is 4. The molecule has 1 aromatic heterocycles. The number of nitrogens with zero attached hydrogens (tertiary/aromatic N) is 1. The van der Waals surface area contributed by atoms with Crippen molar-refractivity contribution < 1.29 is 13.2 Å². The third-order valence-electron chi connectivity index (χ3n) is 2.45. The quantitative estimate of drug-likeness (QED) is 0.932. The molecular weight excluding hydrogens is 264 g/mol. The number of benzene rings is 1. The summed E-state index contributed by atoms with van der Waals surface area (Å²) in [6, 6.07) is 8.45. The molecule has 2 rings (SSSR count). The van der Waals surface area contributed by atoms with Crippen LogP contribution in [0.25, 0.3) is 0 Å². The zero-order valence-electron chi connectivity index (χ0n) is 10.6. The molecule has 1 aromatic carbocycles. The van der Waals surface area contributed by atoms with Crippen LogP contribution in [0.5, 0.6) is 11.6 Å². The number of primary sulfonamides is 1. The second-order valence-corrected chi connectivity index (χ2v) is 5.81. The van der Waals surface area contributed by atoms with E-state index in [1.807, 2.05) is 19.9 Å². The van der Waals surface area contributed by atoms with Gasteiger partial charge in [0.2, 0.25) is 15.9 Å². The van der Waals surface area contributed by atoms with E-state index in [4.69, 9.17) is 9.88 Å². The molecule has 5 nitrogen and oxygen atoms in total. The standard InChI is InChI=1S/C13H14N2O3S/c1-9-6-10(2)8-11(7-9)18-13-12(19(14,16)17)4-3-5-15-13/h3-8H,1-2H3,(H2,14,16,17). The van der Waals surface area contributed by atoms with Gasteiger partial charge in [-0.2, -0.15) is 0 Å². The van der Waals surface area contributed by atoms with Crippen LogP contribution >= 0.6 is 0 Å². The van der Waals surface area contributed by atoms with E-state index >= 15 is 0 Å². The Hall–Kier alpha value is -1.92. The molecule has 0 saturated heterocycles. The fraction of sp³-hybridized carbons (Fsp3) is 0.154. The van der Waals surface area contributed by atoms with Gasteiger partial charge in [0.25, 0.3) is 0 Å². The number of pyridine rings is 1. The first-order valence-corrected chi connectivity index (χ1v) is 7.15. The van der Waals surface area contributed by atoms with E-state index in [0.717, 1.165) is 11.1 Å². The summed E-state index contributed by atoms with van der Waals surface area (Å²) in [5.41, 5.74) is 2.03. The van der Waals surface area contributed by atoms with Crippen molar-refractivity contribution in [3.63, 3.8) is 0 Å². The van der Waals surface area contributed by atoms with Crippen molar-refractivity contribution in [2.45, 2.75) is 18.7 Å². The normalized spacial score (nSPS) is 11.3. The summed E-state index contributed by atoms with van der Waals surface area (Å²) in [4.78, 5) is 3.79. The van der Waals surface area contributed by atoms with Crippen LogP contribution in [0.15, 0.2) is 41.4 Å². The third-order valence-corrected chi connectivity index (χ3v) is 3.38. The molecule has 19 heavy (non-hydrogen) atoms. The van der Waals surface area contributed by atoms with E-state index in [-0.39, 0.29) is 10.8 Å². The zero-order chi connectivity index (χ0) is 14.0. The maximum atomic E-state index is 11.4. The van der Waals surface area contributed by atoms with Crippen molar-refractivity contribution in [3.8, 4) is 11.6 Å². The van der Waals surface area contributed by atoms with E-state index in [2.05, 4.69) is 4.98 Å². The molecule has 2 N–H and O–H groups in total. The van der Waals surface area contributed by atoms with Crippen LogP contribution in [0, 0.1) is 13.8 Å². The Bertz CT molecular complexity index is 691. The molecule has 0 amide bonds. The second-order valence-electron chi connectivity index (χ2n) is 4.28. The molecule has 0 unspecified atom stereocenters. The van der Waals surface area contributed by atoms with Gasteiger partial charge in [0.1, 0.15) is 10.6 Å². The van der Waals surface area contributed by atoms with Crippen molar-refractivity contribution in [1.82, 2.24) is 4.98 Å². The Morgan fingerprint density at radius 1 is 1.16 bits per heavy atom. The maximum Gasteiger partial charge on any atom is 0.243 e. The summed E-state index contributed by atoms with van der Waals surface area (Å²) in [6.07, 6.45) is 1.45. The van der Waals surface area contributed by atoms with Crippen LogP contribution in [-0.2, 0) is 10.0 Å². The first-order valence-electron chi connectivity index (χ1n) is 5.60. The van der Waals surface area contributed by atoms with Crippen LogP contribution in [-0.4, -0.2) is 13.4 Å². The van der Waals surface area contributed by atoms with E-state index in [1.165, 1.54) is 18.3 Å². The third kappa shape index (κ3) is 3.30. The number of sulfonamides is 1. The molecule has 2 aromatic rings. The monoisotopic (exact) mass is 278 g/mol. The number of rotatable bonds is 3. The van der Waals surface area contributed by atoms with E-state index < -0.39 is 10.0 Å². The Balaban J connectivity index is 2.44. The highest BCUT2D eigenvalue weighted by molar-refractivity contribution is 7.89. The molecule has 0 aliphatic rings. The van der Waals surface area contributed by atoms with E-state index in [9.17, 15) is 8.42 Å². The lowest BCUT2D eigenvalue weighted by Gasteiger charge is -2.09. The van der Waals surface area contributed by atoms with Gasteiger partial charge in [0.15, 0.2) is 0 Å². The summed E-state index contributed by atoms with van der Waals surface area (Å²) in [7, 11) is -3.86. The van der Waals surface area contributed by atoms with Gasteiger partial charge >= 0.3 is 0 Å². The van der Waals surface area contributed by atoms with Crippen LogP contribution < -0.4 is 9.88 Å². The fourth-order valence-corrected chi connectivity index (χ4v) is 2.38. The van der Waals surface area contributed by atoms with Gasteiger partial charge in [-0.3, -0.25) is 0 Å². The molecule has 0 saturated carbocycles. The van der Waals surface area contributed by atoms with Gasteiger partial charge in [-0.1, -0.05) is 6.07 Å². The molecule has 0 radical (unpaired) electrons. The Morgan fingerprint density at radius 2 is 1.79 bits per heavy atom. The fourth-order valence-electron chi connectivity index (χ4n) is 1.77. The van der Waals surface area contributed by atoms with Crippen molar-refractivity contribution in [2.75, 3.05) is 0 Å². The Labute approximate surface area is 112 Å². The summed E-state index contributed by atoms with van der Waals surface area (Å²) in [5, 5.41) is 5.12. The maximum absolute atomic E-state index is 11.4. The minimum Gasteiger partial charge on any atom is -0.438 e. The summed E-state index contributed by atoms with van der Waals surface area (Å²) >= 11 is 0. The highest BCUT2D eigenvalue weighted by atomic mass is 32.2. The van der Waals surface area contributed by atoms with E-state index in [1.54, 1.807) is 12.1 Å². The lowest BCUT2D eigenvalue weighted by Crippen LogP contribution is -2.13. The number of aryl methyl sites for hydroxylation is 2. The zero-order valence-corrected chi connectivity index (χ0v) is 11.4. The SMILES string of the molecule is Cc1cc(C)cc(Oc2ncccc2S(N)(=O)=O)c1. The van der Waals surface area contributed by atoms with E-state index in [0.29, 0.717) is 5.75 Å². The van der Waals surface area contributed by atoms with Gasteiger partial charge in [-0.05, 0) is 49.2 Å². The number of aromatic nitrogens is 1. The van der Waals surface area contributed by atoms with Crippen LogP contribution in [0.4, 0.5) is 0 Å². The molecule has 0 aliphatic carbocycles. The van der Waals surface area contributed by atoms with Crippen LogP contribution in [0.2, 0.25) is 0 Å². The Kier molecular flexibility index (Phi) is 3.55. The van der Waals surface area contributed by atoms with Gasteiger partial charge in [-0.15, -0.1) is 0 Å². The van der Waals surface area contributed by atoms with Gasteiger partial charge < -0.3 is 4.74 Å². The highest BCUT2D eigenvalue weighted by Crippen LogP contribution is 2.26. The van der Waals surface area contributed by atoms with Crippen molar-refractivity contribution >= 4 is 10.0 Å². The minimum atomic E-state index is -3.86. The summed E-state index contributed by atoms with van der Waals surface area (Å²) in [5.74, 6) is 0.510. The lowest BCUT2D eigenvalue weighted by atomic mass is 10.1. The van der Waals surface area contributed by atoms with Crippen LogP contribution in [0.1, 0.15) is 11.1 Å². The minimum absolute atomic E-state index is 0.0185. The average Bonchev–Trinajstić information content (AvgIpc) is 2.26. The first kappa shape index (κ1) is 13.5. The van der Waals surface area contributed by atoms with Crippen LogP contribution in [0.3, 0.4) is 0 Å². The topological polar surface area (TPSA) is 82.3 Å². The van der Waals surface area contributed by atoms with Crippen molar-refractivity contribution in [1.29, 1.82) is 0 Å².